The Labute approximate surface area is 153 Å². The average molecular weight is 376 g/mol. The lowest BCUT2D eigenvalue weighted by molar-refractivity contribution is -0.150. The maximum absolute atomic E-state index is 13.5. The van der Waals surface area contributed by atoms with Gasteiger partial charge in [0.15, 0.2) is 6.10 Å². The number of esters is 1. The number of thioether (sulfide) groups is 1. The molecule has 0 aliphatic carbocycles. The number of hydrogen-bond acceptors (Lipinski definition) is 5. The molecule has 0 fully saturated rings. The summed E-state index contributed by atoms with van der Waals surface area (Å²) in [5, 5.41) is 11.3. The Balaban J connectivity index is 1.84. The summed E-state index contributed by atoms with van der Waals surface area (Å²) in [4.78, 5) is 23.8. The van der Waals surface area contributed by atoms with Crippen LogP contribution in [0.4, 0.5) is 14.5 Å². The van der Waals surface area contributed by atoms with Gasteiger partial charge >= 0.3 is 5.97 Å². The highest BCUT2D eigenvalue weighted by Gasteiger charge is 2.18. The highest BCUT2D eigenvalue weighted by molar-refractivity contribution is 8.00. The SMILES string of the molecule is C[C@@H](OC(=O)CSc1cc(F)ccc1F)C(=O)Nc1ccc(C#N)cc1. The Morgan fingerprint density at radius 3 is 2.58 bits per heavy atom. The zero-order chi connectivity index (χ0) is 19.1. The molecule has 0 aliphatic heterocycles. The molecule has 2 rings (SSSR count). The van der Waals surface area contributed by atoms with E-state index in [9.17, 15) is 18.4 Å². The van der Waals surface area contributed by atoms with Gasteiger partial charge in [0.1, 0.15) is 11.6 Å². The van der Waals surface area contributed by atoms with Gasteiger partial charge in [0, 0.05) is 10.6 Å². The van der Waals surface area contributed by atoms with Gasteiger partial charge in [-0.3, -0.25) is 9.59 Å². The van der Waals surface area contributed by atoms with E-state index in [4.69, 9.17) is 10.00 Å². The summed E-state index contributed by atoms with van der Waals surface area (Å²) < 4.78 is 31.5. The third kappa shape index (κ3) is 5.57. The normalized spacial score (nSPS) is 11.3. The molecular weight excluding hydrogens is 362 g/mol. The monoisotopic (exact) mass is 376 g/mol. The second kappa shape index (κ2) is 8.97. The van der Waals surface area contributed by atoms with Crippen LogP contribution in [0.25, 0.3) is 0 Å². The van der Waals surface area contributed by atoms with Crippen molar-refractivity contribution in [1.29, 1.82) is 5.26 Å². The molecule has 0 aliphatic rings. The second-order valence-corrected chi connectivity index (χ2v) is 6.19. The fraction of sp³-hybridized carbons (Fsp3) is 0.167. The number of ether oxygens (including phenoxy) is 1. The number of nitrogens with one attached hydrogen (secondary N) is 1. The summed E-state index contributed by atoms with van der Waals surface area (Å²) in [6.45, 7) is 1.39. The van der Waals surface area contributed by atoms with Crippen molar-refractivity contribution in [2.24, 2.45) is 0 Å². The van der Waals surface area contributed by atoms with Crippen LogP contribution in [-0.4, -0.2) is 23.7 Å². The summed E-state index contributed by atoms with van der Waals surface area (Å²) in [6.07, 6.45) is -1.07. The van der Waals surface area contributed by atoms with Crippen LogP contribution < -0.4 is 5.32 Å². The molecule has 134 valence electrons. The number of nitriles is 1. The van der Waals surface area contributed by atoms with Gasteiger partial charge in [0.25, 0.3) is 5.91 Å². The summed E-state index contributed by atoms with van der Waals surface area (Å²) in [5.41, 5.74) is 0.900. The second-order valence-electron chi connectivity index (χ2n) is 5.17. The first-order valence-corrected chi connectivity index (χ1v) is 8.46. The number of amides is 1. The van der Waals surface area contributed by atoms with Crippen LogP contribution in [0.5, 0.6) is 0 Å². The van der Waals surface area contributed by atoms with E-state index < -0.39 is 29.6 Å². The number of halogens is 2. The minimum Gasteiger partial charge on any atom is -0.452 e. The van der Waals surface area contributed by atoms with E-state index in [1.54, 1.807) is 12.1 Å². The molecule has 0 radical (unpaired) electrons. The third-order valence-corrected chi connectivity index (χ3v) is 4.20. The lowest BCUT2D eigenvalue weighted by atomic mass is 10.2. The summed E-state index contributed by atoms with van der Waals surface area (Å²) in [6, 6.07) is 11.1. The maximum Gasteiger partial charge on any atom is 0.317 e. The Hall–Kier alpha value is -2.92. The fourth-order valence-electron chi connectivity index (χ4n) is 1.88. The van der Waals surface area contributed by atoms with Gasteiger partial charge in [-0.05, 0) is 49.4 Å². The van der Waals surface area contributed by atoms with Gasteiger partial charge in [0.05, 0.1) is 17.4 Å². The van der Waals surface area contributed by atoms with Crippen LogP contribution in [-0.2, 0) is 14.3 Å². The Bertz CT molecular complexity index is 851. The van der Waals surface area contributed by atoms with Crippen LogP contribution in [0.1, 0.15) is 12.5 Å². The number of carbonyl (C=O) groups excluding carboxylic acids is 2. The highest BCUT2D eigenvalue weighted by Crippen LogP contribution is 2.23. The molecule has 2 aromatic rings. The summed E-state index contributed by atoms with van der Waals surface area (Å²) >= 11 is 0.779. The molecule has 0 spiro atoms. The van der Waals surface area contributed by atoms with Crippen molar-refractivity contribution in [2.75, 3.05) is 11.1 Å². The molecule has 8 heteroatoms. The number of anilines is 1. The van der Waals surface area contributed by atoms with E-state index in [1.165, 1.54) is 19.1 Å². The number of carbonyl (C=O) groups is 2. The zero-order valence-corrected chi connectivity index (χ0v) is 14.5. The van der Waals surface area contributed by atoms with Crippen molar-refractivity contribution in [2.45, 2.75) is 17.9 Å². The van der Waals surface area contributed by atoms with Crippen LogP contribution >= 0.6 is 11.8 Å². The van der Waals surface area contributed by atoms with E-state index in [1.807, 2.05) is 6.07 Å². The highest BCUT2D eigenvalue weighted by atomic mass is 32.2. The maximum atomic E-state index is 13.5. The molecule has 0 unspecified atom stereocenters. The first kappa shape index (κ1) is 19.4. The van der Waals surface area contributed by atoms with Crippen molar-refractivity contribution in [3.63, 3.8) is 0 Å². The summed E-state index contributed by atoms with van der Waals surface area (Å²) in [5.74, 6) is -2.81. The molecular formula is C18H14F2N2O3S. The molecule has 0 bridgehead atoms. The molecule has 5 nitrogen and oxygen atoms in total. The van der Waals surface area contributed by atoms with E-state index >= 15 is 0 Å². The molecule has 26 heavy (non-hydrogen) atoms. The standard InChI is InChI=1S/C18H14F2N2O3S/c1-11(18(24)22-14-5-2-12(9-21)3-6-14)25-17(23)10-26-16-8-13(19)4-7-15(16)20/h2-8,11H,10H2,1H3,(H,22,24)/t11-/m1/s1. The van der Waals surface area contributed by atoms with Gasteiger partial charge in [-0.1, -0.05) is 0 Å². The third-order valence-electron chi connectivity index (χ3n) is 3.20. The van der Waals surface area contributed by atoms with Crippen molar-refractivity contribution >= 4 is 29.3 Å². The molecule has 0 aromatic heterocycles. The van der Waals surface area contributed by atoms with E-state index in [0.29, 0.717) is 11.3 Å². The minimum atomic E-state index is -1.07. The molecule has 0 saturated carbocycles. The first-order valence-electron chi connectivity index (χ1n) is 7.47. The van der Waals surface area contributed by atoms with Gasteiger partial charge < -0.3 is 10.1 Å². The van der Waals surface area contributed by atoms with Gasteiger partial charge in [-0.15, -0.1) is 11.8 Å². The van der Waals surface area contributed by atoms with E-state index in [-0.39, 0.29) is 10.6 Å². The van der Waals surface area contributed by atoms with E-state index in [2.05, 4.69) is 5.32 Å². The number of hydrogen-bond donors (Lipinski definition) is 1. The lowest BCUT2D eigenvalue weighted by Gasteiger charge is -2.13. The lowest BCUT2D eigenvalue weighted by Crippen LogP contribution is -2.30. The van der Waals surface area contributed by atoms with Gasteiger partial charge in [-0.25, -0.2) is 8.78 Å². The zero-order valence-electron chi connectivity index (χ0n) is 13.7. The van der Waals surface area contributed by atoms with Crippen molar-refractivity contribution < 1.29 is 23.1 Å². The first-order chi connectivity index (χ1) is 12.4. The predicted molar refractivity (Wildman–Crippen MR) is 92.4 cm³/mol. The summed E-state index contributed by atoms with van der Waals surface area (Å²) in [7, 11) is 0. The number of rotatable bonds is 6. The number of benzene rings is 2. The Kier molecular flexibility index (Phi) is 6.69. The molecule has 0 saturated heterocycles. The Morgan fingerprint density at radius 2 is 1.92 bits per heavy atom. The smallest absolute Gasteiger partial charge is 0.317 e. The van der Waals surface area contributed by atoms with Crippen molar-refractivity contribution in [3.05, 3.63) is 59.7 Å². The predicted octanol–water partition coefficient (Wildman–Crippen LogP) is 3.50. The molecule has 1 atom stereocenters. The largest absolute Gasteiger partial charge is 0.452 e. The van der Waals surface area contributed by atoms with Crippen LogP contribution in [0.15, 0.2) is 47.4 Å². The van der Waals surface area contributed by atoms with Gasteiger partial charge in [0.2, 0.25) is 0 Å². The van der Waals surface area contributed by atoms with Crippen molar-refractivity contribution in [3.8, 4) is 6.07 Å². The van der Waals surface area contributed by atoms with Crippen LogP contribution in [0.2, 0.25) is 0 Å². The molecule has 1 amide bonds. The fourth-order valence-corrected chi connectivity index (χ4v) is 2.62. The van der Waals surface area contributed by atoms with Crippen molar-refractivity contribution in [1.82, 2.24) is 0 Å². The minimum absolute atomic E-state index is 0.0170. The number of nitrogens with zero attached hydrogens (tertiary/aromatic N) is 1. The van der Waals surface area contributed by atoms with Crippen LogP contribution in [0, 0.1) is 23.0 Å². The molecule has 0 heterocycles. The quantitative estimate of drug-likeness (QED) is 0.617. The average Bonchev–Trinajstić information content (AvgIpc) is 2.63. The topological polar surface area (TPSA) is 79.2 Å². The van der Waals surface area contributed by atoms with Crippen LogP contribution in [0.3, 0.4) is 0 Å². The van der Waals surface area contributed by atoms with Gasteiger partial charge in [-0.2, -0.15) is 5.26 Å². The Morgan fingerprint density at radius 1 is 1.23 bits per heavy atom. The molecule has 2 aromatic carbocycles. The molecule has 1 N–H and O–H groups in total. The van der Waals surface area contributed by atoms with E-state index in [0.717, 1.165) is 30.0 Å².